The van der Waals surface area contributed by atoms with Crippen LogP contribution in [0.15, 0.2) is 18.2 Å². The smallest absolute Gasteiger partial charge is 0.128 e. The molecule has 0 bridgehead atoms. The van der Waals surface area contributed by atoms with Crippen molar-refractivity contribution in [1.29, 1.82) is 0 Å². The molecule has 0 aliphatic heterocycles. The van der Waals surface area contributed by atoms with Crippen molar-refractivity contribution in [3.8, 4) is 0 Å². The van der Waals surface area contributed by atoms with Crippen LogP contribution in [0.25, 0.3) is 0 Å². The van der Waals surface area contributed by atoms with Crippen LogP contribution < -0.4 is 5.73 Å². The van der Waals surface area contributed by atoms with Crippen LogP contribution in [-0.4, -0.2) is 0 Å². The van der Waals surface area contributed by atoms with Gasteiger partial charge in [0.25, 0.3) is 0 Å². The van der Waals surface area contributed by atoms with Gasteiger partial charge in [-0.1, -0.05) is 19.8 Å². The minimum atomic E-state index is -0.419. The highest BCUT2D eigenvalue weighted by atomic mass is 19.1. The fourth-order valence-electron chi connectivity index (χ4n) is 2.71. The van der Waals surface area contributed by atoms with Crippen molar-refractivity contribution in [1.82, 2.24) is 0 Å². The van der Waals surface area contributed by atoms with E-state index >= 15 is 0 Å². The maximum Gasteiger partial charge on any atom is 0.128 e. The first-order valence-corrected chi connectivity index (χ1v) is 5.80. The Kier molecular flexibility index (Phi) is 3.24. The summed E-state index contributed by atoms with van der Waals surface area (Å²) in [5.41, 5.74) is 6.37. The second kappa shape index (κ2) is 4.50. The van der Waals surface area contributed by atoms with Crippen molar-refractivity contribution in [3.05, 3.63) is 35.4 Å². The van der Waals surface area contributed by atoms with E-state index in [1.165, 1.54) is 6.07 Å². The van der Waals surface area contributed by atoms with Gasteiger partial charge in [0.15, 0.2) is 0 Å². The predicted molar refractivity (Wildman–Crippen MR) is 59.8 cm³/mol. The zero-order chi connectivity index (χ0) is 11.7. The Hall–Kier alpha value is -0.960. The second-order valence-corrected chi connectivity index (χ2v) is 4.76. The highest BCUT2D eigenvalue weighted by Crippen LogP contribution is 2.39. The van der Waals surface area contributed by atoms with E-state index in [0.29, 0.717) is 11.5 Å². The molecule has 1 aliphatic rings. The maximum atomic E-state index is 13.6. The number of benzene rings is 1. The zero-order valence-corrected chi connectivity index (χ0v) is 9.42. The highest BCUT2D eigenvalue weighted by Gasteiger charge is 2.30. The first-order chi connectivity index (χ1) is 7.59. The molecule has 1 aromatic carbocycles. The summed E-state index contributed by atoms with van der Waals surface area (Å²) in [6.07, 6.45) is 3.28. The monoisotopic (exact) mass is 225 g/mol. The van der Waals surface area contributed by atoms with Gasteiger partial charge in [0.05, 0.1) is 0 Å². The molecule has 2 N–H and O–H groups in total. The molecule has 0 amide bonds. The molecule has 2 rings (SSSR count). The minimum Gasteiger partial charge on any atom is -0.324 e. The number of halogens is 2. The molecule has 1 nitrogen and oxygen atoms in total. The fraction of sp³-hybridized carbons (Fsp3) is 0.538. The Balaban J connectivity index is 2.25. The lowest BCUT2D eigenvalue weighted by molar-refractivity contribution is 0.343. The Labute approximate surface area is 94.7 Å². The molecule has 3 atom stereocenters. The van der Waals surface area contributed by atoms with Crippen LogP contribution in [0.2, 0.25) is 0 Å². The van der Waals surface area contributed by atoms with Crippen LogP contribution in [0.1, 0.15) is 37.8 Å². The quantitative estimate of drug-likeness (QED) is 0.820. The normalized spacial score (nSPS) is 27.0. The molecule has 88 valence electrons. The minimum absolute atomic E-state index is 0.274. The molecule has 0 spiro atoms. The molecule has 1 aromatic rings. The van der Waals surface area contributed by atoms with E-state index < -0.39 is 11.6 Å². The van der Waals surface area contributed by atoms with Crippen LogP contribution in [0.4, 0.5) is 8.78 Å². The molecule has 0 heterocycles. The Morgan fingerprint density at radius 1 is 1.31 bits per heavy atom. The number of nitrogens with two attached hydrogens (primary N) is 1. The summed E-state index contributed by atoms with van der Waals surface area (Å²) in [6.45, 7) is 2.13. The lowest BCUT2D eigenvalue weighted by atomic mass is 9.86. The Morgan fingerprint density at radius 3 is 2.69 bits per heavy atom. The summed E-state index contributed by atoms with van der Waals surface area (Å²) < 4.78 is 26.6. The third-order valence-corrected chi connectivity index (χ3v) is 3.71. The van der Waals surface area contributed by atoms with E-state index in [-0.39, 0.29) is 12.0 Å². The van der Waals surface area contributed by atoms with Crippen LogP contribution in [0, 0.1) is 23.5 Å². The summed E-state index contributed by atoms with van der Waals surface area (Å²) >= 11 is 0. The van der Waals surface area contributed by atoms with Gasteiger partial charge in [-0.3, -0.25) is 0 Å². The molecule has 3 unspecified atom stereocenters. The van der Waals surface area contributed by atoms with E-state index in [0.717, 1.165) is 31.4 Å². The molecule has 0 aromatic heterocycles. The standard InChI is InChI=1S/C13H17F2N/c1-8-3-2-4-10(8)13(16)11-7-9(14)5-6-12(11)15/h5-8,10,13H,2-4,16H2,1H3. The third-order valence-electron chi connectivity index (χ3n) is 3.71. The zero-order valence-electron chi connectivity index (χ0n) is 9.42. The SMILES string of the molecule is CC1CCCC1C(N)c1cc(F)ccc1F. The summed E-state index contributed by atoms with van der Waals surface area (Å²) in [5.74, 6) is -0.0422. The Morgan fingerprint density at radius 2 is 2.06 bits per heavy atom. The summed E-state index contributed by atoms with van der Waals surface area (Å²) in [6, 6.07) is 3.13. The lowest BCUT2D eigenvalue weighted by Crippen LogP contribution is -2.24. The van der Waals surface area contributed by atoms with E-state index in [1.807, 2.05) is 0 Å². The van der Waals surface area contributed by atoms with Crippen molar-refractivity contribution in [2.24, 2.45) is 17.6 Å². The maximum absolute atomic E-state index is 13.6. The summed E-state index contributed by atoms with van der Waals surface area (Å²) in [5, 5.41) is 0. The molecule has 1 fully saturated rings. The molecule has 1 saturated carbocycles. The van der Waals surface area contributed by atoms with Crippen molar-refractivity contribution < 1.29 is 8.78 Å². The van der Waals surface area contributed by atoms with Gasteiger partial charge < -0.3 is 5.73 Å². The number of hydrogen-bond donors (Lipinski definition) is 1. The van der Waals surface area contributed by atoms with Crippen molar-refractivity contribution in [3.63, 3.8) is 0 Å². The van der Waals surface area contributed by atoms with Gasteiger partial charge in [0.2, 0.25) is 0 Å². The van der Waals surface area contributed by atoms with Gasteiger partial charge in [0.1, 0.15) is 11.6 Å². The first-order valence-electron chi connectivity index (χ1n) is 5.80. The largest absolute Gasteiger partial charge is 0.324 e. The molecule has 0 saturated heterocycles. The van der Waals surface area contributed by atoms with Gasteiger partial charge in [-0.25, -0.2) is 8.78 Å². The van der Waals surface area contributed by atoms with Gasteiger partial charge in [-0.2, -0.15) is 0 Å². The van der Waals surface area contributed by atoms with Gasteiger partial charge in [-0.15, -0.1) is 0 Å². The third kappa shape index (κ3) is 2.09. The van der Waals surface area contributed by atoms with Crippen LogP contribution in [0.3, 0.4) is 0 Å². The van der Waals surface area contributed by atoms with E-state index in [4.69, 9.17) is 5.73 Å². The lowest BCUT2D eigenvalue weighted by Gasteiger charge is -2.24. The van der Waals surface area contributed by atoms with Crippen LogP contribution >= 0.6 is 0 Å². The van der Waals surface area contributed by atoms with Crippen molar-refractivity contribution in [2.45, 2.75) is 32.2 Å². The second-order valence-electron chi connectivity index (χ2n) is 4.76. The fourth-order valence-corrected chi connectivity index (χ4v) is 2.71. The topological polar surface area (TPSA) is 26.0 Å². The number of rotatable bonds is 2. The van der Waals surface area contributed by atoms with Crippen molar-refractivity contribution >= 4 is 0 Å². The highest BCUT2D eigenvalue weighted by molar-refractivity contribution is 5.23. The first kappa shape index (κ1) is 11.5. The van der Waals surface area contributed by atoms with E-state index in [9.17, 15) is 8.78 Å². The van der Waals surface area contributed by atoms with E-state index in [1.54, 1.807) is 0 Å². The van der Waals surface area contributed by atoms with E-state index in [2.05, 4.69) is 6.92 Å². The van der Waals surface area contributed by atoms with Gasteiger partial charge >= 0.3 is 0 Å². The molecule has 3 heteroatoms. The summed E-state index contributed by atoms with van der Waals surface area (Å²) in [7, 11) is 0. The van der Waals surface area contributed by atoms with Gasteiger partial charge in [0, 0.05) is 11.6 Å². The van der Waals surface area contributed by atoms with Crippen LogP contribution in [-0.2, 0) is 0 Å². The molecule has 16 heavy (non-hydrogen) atoms. The predicted octanol–water partition coefficient (Wildman–Crippen LogP) is 3.40. The Bertz CT molecular complexity index is 378. The molecule has 0 radical (unpaired) electrons. The molecular weight excluding hydrogens is 208 g/mol. The average Bonchev–Trinajstić information content (AvgIpc) is 2.67. The molecule has 1 aliphatic carbocycles. The number of hydrogen-bond acceptors (Lipinski definition) is 1. The van der Waals surface area contributed by atoms with Crippen LogP contribution in [0.5, 0.6) is 0 Å². The molecular formula is C13H17F2N. The average molecular weight is 225 g/mol. The summed E-state index contributed by atoms with van der Waals surface area (Å²) in [4.78, 5) is 0. The van der Waals surface area contributed by atoms with Crippen molar-refractivity contribution in [2.75, 3.05) is 0 Å². The van der Waals surface area contributed by atoms with Gasteiger partial charge in [-0.05, 0) is 36.5 Å².